The molecule has 6 nitrogen and oxygen atoms in total. The van der Waals surface area contributed by atoms with Gasteiger partial charge in [0.2, 0.25) is 15.9 Å². The van der Waals surface area contributed by atoms with E-state index in [1.54, 1.807) is 31.4 Å². The van der Waals surface area contributed by atoms with Crippen molar-refractivity contribution in [2.24, 2.45) is 5.92 Å². The first-order chi connectivity index (χ1) is 11.3. The smallest absolute Gasteiger partial charge is 0.241 e. The zero-order chi connectivity index (χ0) is 18.2. The molecule has 0 aromatic heterocycles. The van der Waals surface area contributed by atoms with Crippen LogP contribution in [0.3, 0.4) is 0 Å². The van der Waals surface area contributed by atoms with Crippen molar-refractivity contribution in [1.82, 2.24) is 10.0 Å². The quantitative estimate of drug-likeness (QED) is 0.627. The average Bonchev–Trinajstić information content (AvgIpc) is 2.50. The van der Waals surface area contributed by atoms with Gasteiger partial charge in [0, 0.05) is 20.3 Å². The second kappa shape index (κ2) is 9.76. The number of hydrogen-bond acceptors (Lipinski definition) is 4. The molecule has 0 fully saturated rings. The van der Waals surface area contributed by atoms with Crippen molar-refractivity contribution in [3.8, 4) is 0 Å². The summed E-state index contributed by atoms with van der Waals surface area (Å²) in [5, 5.41) is 2.76. The Morgan fingerprint density at radius 3 is 2.38 bits per heavy atom. The number of nitrogens with one attached hydrogen (secondary N) is 2. The van der Waals surface area contributed by atoms with E-state index in [1.807, 2.05) is 20.8 Å². The highest BCUT2D eigenvalue weighted by Crippen LogP contribution is 2.13. The second-order valence-electron chi connectivity index (χ2n) is 6.25. The minimum absolute atomic E-state index is 0.161. The zero-order valence-electron chi connectivity index (χ0n) is 14.8. The molecule has 136 valence electrons. The van der Waals surface area contributed by atoms with Gasteiger partial charge in [-0.15, -0.1) is 0 Å². The number of methoxy groups -OCH3 is 1. The van der Waals surface area contributed by atoms with Gasteiger partial charge >= 0.3 is 0 Å². The van der Waals surface area contributed by atoms with Crippen LogP contribution >= 0.6 is 0 Å². The zero-order valence-corrected chi connectivity index (χ0v) is 15.7. The van der Waals surface area contributed by atoms with Crippen molar-refractivity contribution in [3.63, 3.8) is 0 Å². The monoisotopic (exact) mass is 356 g/mol. The van der Waals surface area contributed by atoms with Crippen LogP contribution in [-0.2, 0) is 19.6 Å². The number of carbonyl (C=O) groups is 1. The van der Waals surface area contributed by atoms with Gasteiger partial charge in [0.1, 0.15) is 6.04 Å². The third-order valence-electron chi connectivity index (χ3n) is 3.48. The first kappa shape index (κ1) is 20.6. The fraction of sp³-hybridized carbons (Fsp3) is 0.588. The Bertz CT molecular complexity index is 612. The molecule has 2 N–H and O–H groups in total. The lowest BCUT2D eigenvalue weighted by atomic mass is 10.0. The van der Waals surface area contributed by atoms with Gasteiger partial charge in [-0.3, -0.25) is 4.79 Å². The van der Waals surface area contributed by atoms with Crippen LogP contribution < -0.4 is 10.0 Å². The van der Waals surface area contributed by atoms with E-state index in [1.165, 1.54) is 0 Å². The summed E-state index contributed by atoms with van der Waals surface area (Å²) in [6.07, 6.45) is 1.11. The highest BCUT2D eigenvalue weighted by atomic mass is 32.2. The van der Waals surface area contributed by atoms with E-state index in [0.29, 0.717) is 26.0 Å². The lowest BCUT2D eigenvalue weighted by molar-refractivity contribution is -0.123. The summed E-state index contributed by atoms with van der Waals surface area (Å²) < 4.78 is 32.5. The van der Waals surface area contributed by atoms with Crippen molar-refractivity contribution >= 4 is 15.9 Å². The standard InChI is InChI=1S/C17H28N2O4S/c1-13(2)12-16(17(20)18-10-5-11-23-4)19-24(21,22)15-8-6-14(3)7-9-15/h6-9,13,16,19H,5,10-12H2,1-4H3,(H,18,20)/t16-/m0/s1. The summed E-state index contributed by atoms with van der Waals surface area (Å²) in [5.74, 6) is -0.129. The van der Waals surface area contributed by atoms with Gasteiger partial charge < -0.3 is 10.1 Å². The van der Waals surface area contributed by atoms with Crippen molar-refractivity contribution in [2.45, 2.75) is 44.6 Å². The number of benzene rings is 1. The van der Waals surface area contributed by atoms with Crippen molar-refractivity contribution in [3.05, 3.63) is 29.8 Å². The Hall–Kier alpha value is -1.44. The fourth-order valence-corrected chi connectivity index (χ4v) is 3.41. The molecule has 0 unspecified atom stereocenters. The molecular formula is C17H28N2O4S. The molecule has 24 heavy (non-hydrogen) atoms. The van der Waals surface area contributed by atoms with Crippen LogP contribution in [0, 0.1) is 12.8 Å². The van der Waals surface area contributed by atoms with E-state index < -0.39 is 16.1 Å². The van der Waals surface area contributed by atoms with Crippen LogP contribution in [0.2, 0.25) is 0 Å². The summed E-state index contributed by atoms with van der Waals surface area (Å²) >= 11 is 0. The van der Waals surface area contributed by atoms with Gasteiger partial charge in [-0.1, -0.05) is 31.5 Å². The molecule has 0 spiro atoms. The van der Waals surface area contributed by atoms with Gasteiger partial charge in [-0.2, -0.15) is 4.72 Å². The Kier molecular flexibility index (Phi) is 8.38. The number of aryl methyl sites for hydroxylation is 1. The number of amides is 1. The topological polar surface area (TPSA) is 84.5 Å². The Labute approximate surface area is 145 Å². The van der Waals surface area contributed by atoms with Crippen molar-refractivity contribution in [2.75, 3.05) is 20.3 Å². The molecule has 0 heterocycles. The molecule has 0 bridgehead atoms. The summed E-state index contributed by atoms with van der Waals surface area (Å²) in [7, 11) is -2.14. The molecule has 0 aliphatic carbocycles. The molecule has 0 saturated heterocycles. The number of carbonyl (C=O) groups excluding carboxylic acids is 1. The lowest BCUT2D eigenvalue weighted by Crippen LogP contribution is -2.47. The van der Waals surface area contributed by atoms with E-state index in [4.69, 9.17) is 4.74 Å². The van der Waals surface area contributed by atoms with Crippen LogP contribution in [-0.4, -0.2) is 40.6 Å². The van der Waals surface area contributed by atoms with Crippen LogP contribution in [0.4, 0.5) is 0 Å². The SMILES string of the molecule is COCCCNC(=O)[C@H](CC(C)C)NS(=O)(=O)c1ccc(C)cc1. The van der Waals surface area contributed by atoms with Crippen LogP contribution in [0.1, 0.15) is 32.3 Å². The predicted octanol–water partition coefficient (Wildman–Crippen LogP) is 1.84. The third kappa shape index (κ3) is 6.98. The maximum atomic E-state index is 12.5. The van der Waals surface area contributed by atoms with Crippen LogP contribution in [0.15, 0.2) is 29.2 Å². The molecule has 1 aromatic rings. The third-order valence-corrected chi connectivity index (χ3v) is 4.96. The van der Waals surface area contributed by atoms with E-state index in [0.717, 1.165) is 5.56 Å². The van der Waals surface area contributed by atoms with Crippen LogP contribution in [0.5, 0.6) is 0 Å². The molecule has 1 atom stereocenters. The van der Waals surface area contributed by atoms with E-state index >= 15 is 0 Å². The second-order valence-corrected chi connectivity index (χ2v) is 7.97. The first-order valence-electron chi connectivity index (χ1n) is 8.12. The molecular weight excluding hydrogens is 328 g/mol. The molecule has 0 saturated carbocycles. The molecule has 1 aromatic carbocycles. The van der Waals surface area contributed by atoms with Crippen molar-refractivity contribution < 1.29 is 17.9 Å². The Morgan fingerprint density at radius 2 is 1.83 bits per heavy atom. The van der Waals surface area contributed by atoms with Gasteiger partial charge in [0.05, 0.1) is 4.90 Å². The van der Waals surface area contributed by atoms with E-state index in [9.17, 15) is 13.2 Å². The maximum Gasteiger partial charge on any atom is 0.241 e. The van der Waals surface area contributed by atoms with Gasteiger partial charge in [0.15, 0.2) is 0 Å². The Morgan fingerprint density at radius 1 is 1.21 bits per heavy atom. The largest absolute Gasteiger partial charge is 0.385 e. The van der Waals surface area contributed by atoms with Gasteiger partial charge in [-0.05, 0) is 37.8 Å². The lowest BCUT2D eigenvalue weighted by Gasteiger charge is -2.20. The average molecular weight is 356 g/mol. The summed E-state index contributed by atoms with van der Waals surface area (Å²) in [6.45, 7) is 6.79. The molecule has 1 rings (SSSR count). The molecule has 0 aliphatic rings. The fourth-order valence-electron chi connectivity index (χ4n) is 2.20. The van der Waals surface area contributed by atoms with Crippen LogP contribution in [0.25, 0.3) is 0 Å². The summed E-state index contributed by atoms with van der Waals surface area (Å²) in [5.41, 5.74) is 0.976. The molecule has 7 heteroatoms. The minimum Gasteiger partial charge on any atom is -0.385 e. The number of rotatable bonds is 10. The molecule has 0 radical (unpaired) electrons. The predicted molar refractivity (Wildman–Crippen MR) is 94.2 cm³/mol. The molecule has 0 aliphatic heterocycles. The maximum absolute atomic E-state index is 12.5. The summed E-state index contributed by atoms with van der Waals surface area (Å²) in [4.78, 5) is 12.5. The summed E-state index contributed by atoms with van der Waals surface area (Å²) in [6, 6.07) is 5.76. The van der Waals surface area contributed by atoms with E-state index in [2.05, 4.69) is 10.0 Å². The normalized spacial score (nSPS) is 13.0. The highest BCUT2D eigenvalue weighted by Gasteiger charge is 2.26. The molecule has 1 amide bonds. The number of hydrogen-bond donors (Lipinski definition) is 2. The van der Waals surface area contributed by atoms with E-state index in [-0.39, 0.29) is 16.7 Å². The minimum atomic E-state index is -3.74. The van der Waals surface area contributed by atoms with Crippen molar-refractivity contribution in [1.29, 1.82) is 0 Å². The van der Waals surface area contributed by atoms with Gasteiger partial charge in [0.25, 0.3) is 0 Å². The number of sulfonamides is 1. The van der Waals surface area contributed by atoms with Gasteiger partial charge in [-0.25, -0.2) is 8.42 Å². The highest BCUT2D eigenvalue weighted by molar-refractivity contribution is 7.89. The Balaban J connectivity index is 2.80. The first-order valence-corrected chi connectivity index (χ1v) is 9.60. The number of ether oxygens (including phenoxy) is 1.